The SMILES string of the molecule is CN[C@@H](CCCN=C(N)N)C(=O)N[C@@H](CCCCN)C(=O)N(C)[C@@H](C)C(=O)N[C@@H](Cc1c[nH]c2ccccc12)C(=O)N[C@H](C(=O)N[C@@H](CC(C)C)C(=O)O)C(C)(C)C. The Hall–Kier alpha value is -5.23. The molecule has 58 heavy (non-hydrogen) atoms. The maximum atomic E-state index is 14.2. The van der Waals surface area contributed by atoms with Gasteiger partial charge in [-0.15, -0.1) is 0 Å². The first-order valence-corrected chi connectivity index (χ1v) is 19.9. The van der Waals surface area contributed by atoms with Crippen LogP contribution in [0.4, 0.5) is 0 Å². The van der Waals surface area contributed by atoms with Crippen LogP contribution in [0.15, 0.2) is 35.5 Å². The highest BCUT2D eigenvalue weighted by Gasteiger charge is 2.38. The Morgan fingerprint density at radius 3 is 2.02 bits per heavy atom. The molecule has 324 valence electrons. The molecule has 0 radical (unpaired) electrons. The van der Waals surface area contributed by atoms with Crippen LogP contribution in [0.2, 0.25) is 0 Å². The van der Waals surface area contributed by atoms with E-state index >= 15 is 0 Å². The molecule has 0 spiro atoms. The molecule has 0 aliphatic heterocycles. The van der Waals surface area contributed by atoms with Gasteiger partial charge in [0.2, 0.25) is 29.5 Å². The fourth-order valence-electron chi connectivity index (χ4n) is 6.43. The molecule has 13 N–H and O–H groups in total. The van der Waals surface area contributed by atoms with E-state index in [-0.39, 0.29) is 31.1 Å². The molecule has 0 aliphatic carbocycles. The van der Waals surface area contributed by atoms with Crippen LogP contribution in [0, 0.1) is 11.3 Å². The van der Waals surface area contributed by atoms with Crippen LogP contribution < -0.4 is 43.8 Å². The van der Waals surface area contributed by atoms with Gasteiger partial charge in [0.15, 0.2) is 5.96 Å². The Bertz CT molecular complexity index is 1720. The van der Waals surface area contributed by atoms with Crippen molar-refractivity contribution in [2.24, 2.45) is 33.5 Å². The number of H-pyrrole nitrogens is 1. The van der Waals surface area contributed by atoms with E-state index in [0.29, 0.717) is 44.3 Å². The van der Waals surface area contributed by atoms with Gasteiger partial charge in [-0.05, 0) is 82.0 Å². The number of carbonyl (C=O) groups excluding carboxylic acids is 5. The predicted octanol–water partition coefficient (Wildman–Crippen LogP) is 0.444. The second-order valence-electron chi connectivity index (χ2n) is 16.2. The highest BCUT2D eigenvalue weighted by atomic mass is 16.4. The molecular weight excluding hydrogens is 747 g/mol. The number of carboxylic acids is 1. The highest BCUT2D eigenvalue weighted by Crippen LogP contribution is 2.22. The number of hydrogen-bond acceptors (Lipinski definition) is 9. The Morgan fingerprint density at radius 1 is 0.828 bits per heavy atom. The fraction of sp³-hybridized carbons (Fsp3) is 0.625. The number of rotatable bonds is 24. The summed E-state index contributed by atoms with van der Waals surface area (Å²) >= 11 is 0. The summed E-state index contributed by atoms with van der Waals surface area (Å²) in [7, 11) is 3.08. The van der Waals surface area contributed by atoms with Crippen molar-refractivity contribution in [3.63, 3.8) is 0 Å². The van der Waals surface area contributed by atoms with Gasteiger partial charge >= 0.3 is 5.97 Å². The summed E-state index contributed by atoms with van der Waals surface area (Å²) in [4.78, 5) is 89.6. The van der Waals surface area contributed by atoms with Crippen LogP contribution in [-0.4, -0.2) is 120 Å². The maximum Gasteiger partial charge on any atom is 0.326 e. The number of likely N-dealkylation sites (N-methyl/N-ethyl adjacent to an activating group) is 2. The average Bonchev–Trinajstić information content (AvgIpc) is 3.56. The summed E-state index contributed by atoms with van der Waals surface area (Å²) in [5, 5.41) is 24.6. The molecule has 0 saturated heterocycles. The standard InChI is InChI=1S/C40H67N11O7/c1-23(2)20-31(38(57)58)49-36(55)32(40(4,5)6)50-35(54)30(21-25-22-46-27-15-10-9-14-26(25)27)48-33(52)24(3)51(8)37(56)29(16-11-12-18-41)47-34(53)28(44-7)17-13-19-45-39(42)43/h9-10,14-15,22-24,28-32,44,46H,11-13,16-21,41H2,1-8H3,(H,47,53)(H,48,52)(H,49,55)(H,50,54)(H,57,58)(H4,42,43,45)/t24-,28-,29-,30-,31-,32+/m0/s1. The average molecular weight is 814 g/mol. The lowest BCUT2D eigenvalue weighted by Crippen LogP contribution is -2.61. The number of carboxylic acid groups (broad SMARTS) is 1. The molecule has 1 heterocycles. The van der Waals surface area contributed by atoms with Crippen molar-refractivity contribution >= 4 is 52.4 Å². The van der Waals surface area contributed by atoms with Crippen LogP contribution in [0.1, 0.15) is 85.6 Å². The number of carbonyl (C=O) groups is 6. The third kappa shape index (κ3) is 15.3. The summed E-state index contributed by atoms with van der Waals surface area (Å²) < 4.78 is 0. The summed E-state index contributed by atoms with van der Waals surface area (Å²) in [5.41, 5.74) is 17.2. The van der Waals surface area contributed by atoms with Crippen molar-refractivity contribution < 1.29 is 33.9 Å². The third-order valence-electron chi connectivity index (χ3n) is 9.95. The Balaban J connectivity index is 2.38. The van der Waals surface area contributed by atoms with E-state index in [1.165, 1.54) is 18.9 Å². The number of unbranched alkanes of at least 4 members (excludes halogenated alkanes) is 1. The number of aromatic nitrogens is 1. The van der Waals surface area contributed by atoms with Gasteiger partial charge in [0.1, 0.15) is 30.2 Å². The predicted molar refractivity (Wildman–Crippen MR) is 224 cm³/mol. The number of aliphatic imine (C=N–C) groups is 1. The number of nitrogens with two attached hydrogens (primary N) is 3. The molecule has 18 heteroatoms. The molecule has 2 rings (SSSR count). The van der Waals surface area contributed by atoms with Crippen molar-refractivity contribution in [2.45, 2.75) is 123 Å². The van der Waals surface area contributed by atoms with Crippen LogP contribution in [0.5, 0.6) is 0 Å². The van der Waals surface area contributed by atoms with E-state index in [1.54, 1.807) is 34.0 Å². The van der Waals surface area contributed by atoms with E-state index in [9.17, 15) is 33.9 Å². The van der Waals surface area contributed by atoms with E-state index in [4.69, 9.17) is 17.2 Å². The number of aromatic amines is 1. The Labute approximate surface area is 341 Å². The molecular formula is C40H67N11O7. The van der Waals surface area contributed by atoms with Crippen LogP contribution >= 0.6 is 0 Å². The largest absolute Gasteiger partial charge is 0.480 e. The van der Waals surface area contributed by atoms with Gasteiger partial charge in [-0.3, -0.25) is 29.0 Å². The normalized spacial score (nSPS) is 14.7. The Kier molecular flexibility index (Phi) is 19.6. The number of nitrogens with zero attached hydrogens (tertiary/aromatic N) is 2. The zero-order valence-electron chi connectivity index (χ0n) is 35.3. The van der Waals surface area contributed by atoms with Gasteiger partial charge < -0.3 is 58.8 Å². The van der Waals surface area contributed by atoms with Gasteiger partial charge in [0.25, 0.3) is 0 Å². The minimum atomic E-state index is -1.23. The molecule has 18 nitrogen and oxygen atoms in total. The quantitative estimate of drug-likeness (QED) is 0.0394. The van der Waals surface area contributed by atoms with E-state index in [0.717, 1.165) is 10.9 Å². The smallest absolute Gasteiger partial charge is 0.326 e. The fourth-order valence-corrected chi connectivity index (χ4v) is 6.43. The van der Waals surface area contributed by atoms with Crippen LogP contribution in [0.3, 0.4) is 0 Å². The van der Waals surface area contributed by atoms with Crippen LogP contribution in [-0.2, 0) is 35.2 Å². The minimum absolute atomic E-state index is 0.0158. The minimum Gasteiger partial charge on any atom is -0.480 e. The van der Waals surface area contributed by atoms with Gasteiger partial charge in [-0.25, -0.2) is 4.79 Å². The maximum absolute atomic E-state index is 14.2. The van der Waals surface area contributed by atoms with Gasteiger partial charge in [-0.1, -0.05) is 52.8 Å². The molecule has 5 amide bonds. The monoisotopic (exact) mass is 814 g/mol. The molecule has 0 bridgehead atoms. The van der Waals surface area contributed by atoms with Crippen molar-refractivity contribution in [3.05, 3.63) is 36.0 Å². The van der Waals surface area contributed by atoms with Crippen molar-refractivity contribution in [1.29, 1.82) is 0 Å². The molecule has 0 saturated carbocycles. The first-order valence-electron chi connectivity index (χ1n) is 19.9. The number of amides is 5. The lowest BCUT2D eigenvalue weighted by atomic mass is 9.85. The summed E-state index contributed by atoms with van der Waals surface area (Å²) in [6, 6.07) is 1.16. The topological polar surface area (TPSA) is 292 Å². The van der Waals surface area contributed by atoms with E-state index < -0.39 is 77.2 Å². The lowest BCUT2D eigenvalue weighted by Gasteiger charge is -2.33. The molecule has 0 fully saturated rings. The first-order chi connectivity index (χ1) is 27.2. The van der Waals surface area contributed by atoms with Crippen molar-refractivity contribution in [1.82, 2.24) is 36.5 Å². The summed E-state index contributed by atoms with van der Waals surface area (Å²) in [5.74, 6) is -4.21. The summed E-state index contributed by atoms with van der Waals surface area (Å²) in [6.07, 6.45) is 4.26. The summed E-state index contributed by atoms with van der Waals surface area (Å²) in [6.45, 7) is 11.1. The number of para-hydroxylation sites is 1. The van der Waals surface area contributed by atoms with Gasteiger partial charge in [-0.2, -0.15) is 0 Å². The Morgan fingerprint density at radius 2 is 1.43 bits per heavy atom. The third-order valence-corrected chi connectivity index (χ3v) is 9.95. The lowest BCUT2D eigenvalue weighted by molar-refractivity contribution is -0.143. The zero-order chi connectivity index (χ0) is 43.7. The first kappa shape index (κ1) is 48.9. The van der Waals surface area contributed by atoms with E-state index in [2.05, 4.69) is 36.6 Å². The van der Waals surface area contributed by atoms with E-state index in [1.807, 2.05) is 38.1 Å². The molecule has 6 atom stereocenters. The zero-order valence-corrected chi connectivity index (χ0v) is 35.3. The number of guanidine groups is 1. The molecule has 1 aromatic heterocycles. The number of nitrogens with one attached hydrogen (secondary N) is 6. The van der Waals surface area contributed by atoms with Crippen molar-refractivity contribution in [2.75, 3.05) is 27.2 Å². The van der Waals surface area contributed by atoms with Gasteiger partial charge in [0, 0.05) is 37.1 Å². The second kappa shape index (κ2) is 23.2. The molecule has 0 unspecified atom stereocenters. The highest BCUT2D eigenvalue weighted by molar-refractivity contribution is 5.97. The van der Waals surface area contributed by atoms with Crippen LogP contribution in [0.25, 0.3) is 10.9 Å². The second-order valence-corrected chi connectivity index (χ2v) is 16.2. The molecule has 2 aromatic rings. The molecule has 1 aromatic carbocycles. The number of aliphatic carboxylic acids is 1. The number of hydrogen-bond donors (Lipinski definition) is 10. The number of benzene rings is 1. The molecule has 0 aliphatic rings. The number of fused-ring (bicyclic) bond motifs is 1. The van der Waals surface area contributed by atoms with Gasteiger partial charge in [0.05, 0.1) is 6.04 Å². The van der Waals surface area contributed by atoms with Crippen molar-refractivity contribution in [3.8, 4) is 0 Å².